The van der Waals surface area contributed by atoms with Crippen molar-refractivity contribution in [2.75, 3.05) is 0 Å². The van der Waals surface area contributed by atoms with Crippen LogP contribution < -0.4 is 0 Å². The average Bonchev–Trinajstić information content (AvgIpc) is 3.16. The molecule has 2 heterocycles. The minimum atomic E-state index is 0.900. The molecule has 0 aliphatic rings. The summed E-state index contributed by atoms with van der Waals surface area (Å²) in [4.78, 5) is 0. The van der Waals surface area contributed by atoms with E-state index in [0.717, 1.165) is 32.1 Å². The predicted molar refractivity (Wildman–Crippen MR) is 98.3 cm³/mol. The monoisotopic (exact) mass is 361 g/mol. The standard InChI is InChI=1S/C20H12BrNO/c21-17-6-3-5-15-16-12-14(8-9-19(16)23-20(15)17)22-11-10-13-4-1-2-7-18(13)22/h1-12H. The summed E-state index contributed by atoms with van der Waals surface area (Å²) in [7, 11) is 0. The summed E-state index contributed by atoms with van der Waals surface area (Å²) in [6.45, 7) is 0. The van der Waals surface area contributed by atoms with Gasteiger partial charge in [0.05, 0.1) is 9.99 Å². The van der Waals surface area contributed by atoms with Gasteiger partial charge >= 0.3 is 0 Å². The Bertz CT molecular complexity index is 1180. The van der Waals surface area contributed by atoms with Crippen LogP contribution in [0, 0.1) is 0 Å². The third kappa shape index (κ3) is 1.87. The smallest absolute Gasteiger partial charge is 0.149 e. The van der Waals surface area contributed by atoms with Crippen molar-refractivity contribution in [3.63, 3.8) is 0 Å². The molecule has 0 unspecified atom stereocenters. The van der Waals surface area contributed by atoms with Gasteiger partial charge < -0.3 is 8.98 Å². The summed E-state index contributed by atoms with van der Waals surface area (Å²) in [6.07, 6.45) is 2.12. The predicted octanol–water partition coefficient (Wildman–Crippen LogP) is 6.29. The van der Waals surface area contributed by atoms with E-state index in [1.807, 2.05) is 18.2 Å². The first-order chi connectivity index (χ1) is 11.3. The summed E-state index contributed by atoms with van der Waals surface area (Å²) in [5.41, 5.74) is 4.16. The van der Waals surface area contributed by atoms with Crippen LogP contribution in [0.4, 0.5) is 0 Å². The number of nitrogens with zero attached hydrogens (tertiary/aromatic N) is 1. The Hall–Kier alpha value is -2.52. The summed E-state index contributed by atoms with van der Waals surface area (Å²) in [5, 5.41) is 3.51. The number of rotatable bonds is 1. The SMILES string of the molecule is Brc1cccc2c1oc1ccc(-n3ccc4ccccc43)cc12. The minimum absolute atomic E-state index is 0.900. The van der Waals surface area contributed by atoms with E-state index in [2.05, 4.69) is 75.2 Å². The van der Waals surface area contributed by atoms with Crippen molar-refractivity contribution in [3.05, 3.63) is 77.4 Å². The van der Waals surface area contributed by atoms with E-state index >= 15 is 0 Å². The highest BCUT2D eigenvalue weighted by Crippen LogP contribution is 2.34. The Labute approximate surface area is 141 Å². The normalized spacial score (nSPS) is 11.7. The van der Waals surface area contributed by atoms with Crippen LogP contribution in [0.25, 0.3) is 38.5 Å². The van der Waals surface area contributed by atoms with Crippen LogP contribution in [0.5, 0.6) is 0 Å². The number of furan rings is 1. The van der Waals surface area contributed by atoms with Crippen LogP contribution in [0.3, 0.4) is 0 Å². The van der Waals surface area contributed by atoms with E-state index in [1.54, 1.807) is 0 Å². The number of benzene rings is 3. The molecule has 0 saturated heterocycles. The first kappa shape index (κ1) is 13.0. The first-order valence-electron chi connectivity index (χ1n) is 7.48. The van der Waals surface area contributed by atoms with Crippen LogP contribution >= 0.6 is 15.9 Å². The van der Waals surface area contributed by atoms with Gasteiger partial charge in [0.1, 0.15) is 11.2 Å². The molecule has 5 aromatic rings. The Morgan fingerprint density at radius 3 is 2.70 bits per heavy atom. The van der Waals surface area contributed by atoms with Crippen molar-refractivity contribution in [2.45, 2.75) is 0 Å². The van der Waals surface area contributed by atoms with E-state index < -0.39 is 0 Å². The summed E-state index contributed by atoms with van der Waals surface area (Å²) < 4.78 is 9.19. The Morgan fingerprint density at radius 2 is 1.74 bits per heavy atom. The topological polar surface area (TPSA) is 18.1 Å². The molecule has 0 radical (unpaired) electrons. The molecule has 23 heavy (non-hydrogen) atoms. The van der Waals surface area contributed by atoms with Gasteiger partial charge in [-0.1, -0.05) is 30.3 Å². The fourth-order valence-corrected chi connectivity index (χ4v) is 3.66. The molecule has 5 rings (SSSR count). The van der Waals surface area contributed by atoms with Crippen LogP contribution in [-0.4, -0.2) is 4.57 Å². The number of aromatic nitrogens is 1. The minimum Gasteiger partial charge on any atom is -0.455 e. The lowest BCUT2D eigenvalue weighted by Gasteiger charge is -2.05. The molecule has 2 aromatic heterocycles. The second kappa shape index (κ2) is 4.74. The Kier molecular flexibility index (Phi) is 2.67. The third-order valence-electron chi connectivity index (χ3n) is 4.31. The number of halogens is 1. The molecule has 0 N–H and O–H groups in total. The van der Waals surface area contributed by atoms with E-state index in [0.29, 0.717) is 0 Å². The van der Waals surface area contributed by atoms with Crippen molar-refractivity contribution < 1.29 is 4.42 Å². The summed E-state index contributed by atoms with van der Waals surface area (Å²) >= 11 is 3.57. The lowest BCUT2D eigenvalue weighted by Crippen LogP contribution is -1.90. The summed E-state index contributed by atoms with van der Waals surface area (Å²) in [6, 6.07) is 23.0. The molecule has 2 nitrogen and oxygen atoms in total. The molecule has 0 bridgehead atoms. The lowest BCUT2D eigenvalue weighted by molar-refractivity contribution is 0.666. The molecule has 0 aliphatic carbocycles. The second-order valence-electron chi connectivity index (χ2n) is 5.64. The number of fused-ring (bicyclic) bond motifs is 4. The second-order valence-corrected chi connectivity index (χ2v) is 6.50. The highest BCUT2D eigenvalue weighted by atomic mass is 79.9. The lowest BCUT2D eigenvalue weighted by atomic mass is 10.1. The van der Waals surface area contributed by atoms with Gasteiger partial charge in [0.25, 0.3) is 0 Å². The summed E-state index contributed by atoms with van der Waals surface area (Å²) in [5.74, 6) is 0. The van der Waals surface area contributed by atoms with Gasteiger partial charge in [-0.05, 0) is 57.7 Å². The fraction of sp³-hybridized carbons (Fsp3) is 0. The zero-order valence-electron chi connectivity index (χ0n) is 12.2. The van der Waals surface area contributed by atoms with Gasteiger partial charge in [-0.3, -0.25) is 0 Å². The largest absolute Gasteiger partial charge is 0.455 e. The van der Waals surface area contributed by atoms with E-state index in [4.69, 9.17) is 4.42 Å². The zero-order valence-corrected chi connectivity index (χ0v) is 13.7. The number of hydrogen-bond donors (Lipinski definition) is 0. The molecule has 0 fully saturated rings. The molecule has 0 amide bonds. The highest BCUT2D eigenvalue weighted by molar-refractivity contribution is 9.10. The van der Waals surface area contributed by atoms with Gasteiger partial charge in [-0.2, -0.15) is 0 Å². The quantitative estimate of drug-likeness (QED) is 0.343. The van der Waals surface area contributed by atoms with Gasteiger partial charge in [0.15, 0.2) is 0 Å². The van der Waals surface area contributed by atoms with Gasteiger partial charge in [0, 0.05) is 22.7 Å². The molecular weight excluding hydrogens is 350 g/mol. The van der Waals surface area contributed by atoms with Crippen LogP contribution in [-0.2, 0) is 0 Å². The van der Waals surface area contributed by atoms with E-state index in [1.165, 1.54) is 10.9 Å². The van der Waals surface area contributed by atoms with Gasteiger partial charge in [0.2, 0.25) is 0 Å². The highest BCUT2D eigenvalue weighted by Gasteiger charge is 2.11. The maximum atomic E-state index is 5.99. The number of hydrogen-bond acceptors (Lipinski definition) is 1. The maximum Gasteiger partial charge on any atom is 0.149 e. The third-order valence-corrected chi connectivity index (χ3v) is 4.93. The fourth-order valence-electron chi connectivity index (χ4n) is 3.21. The maximum absolute atomic E-state index is 5.99. The van der Waals surface area contributed by atoms with Gasteiger partial charge in [-0.15, -0.1) is 0 Å². The van der Waals surface area contributed by atoms with Crippen molar-refractivity contribution in [1.29, 1.82) is 0 Å². The molecule has 0 spiro atoms. The Balaban J connectivity index is 1.83. The van der Waals surface area contributed by atoms with Gasteiger partial charge in [-0.25, -0.2) is 0 Å². The van der Waals surface area contributed by atoms with Crippen LogP contribution in [0.2, 0.25) is 0 Å². The molecule has 0 saturated carbocycles. The van der Waals surface area contributed by atoms with Crippen LogP contribution in [0.15, 0.2) is 81.8 Å². The van der Waals surface area contributed by atoms with Crippen molar-refractivity contribution >= 4 is 48.8 Å². The van der Waals surface area contributed by atoms with E-state index in [-0.39, 0.29) is 0 Å². The molecule has 3 heteroatoms. The van der Waals surface area contributed by atoms with E-state index in [9.17, 15) is 0 Å². The Morgan fingerprint density at radius 1 is 0.826 bits per heavy atom. The molecule has 0 atom stereocenters. The zero-order chi connectivity index (χ0) is 15.4. The van der Waals surface area contributed by atoms with Crippen molar-refractivity contribution in [2.24, 2.45) is 0 Å². The van der Waals surface area contributed by atoms with Crippen molar-refractivity contribution in [1.82, 2.24) is 4.57 Å². The first-order valence-corrected chi connectivity index (χ1v) is 8.28. The van der Waals surface area contributed by atoms with Crippen molar-refractivity contribution in [3.8, 4) is 5.69 Å². The molecular formula is C20H12BrNO. The molecule has 0 aliphatic heterocycles. The van der Waals surface area contributed by atoms with Crippen LogP contribution in [0.1, 0.15) is 0 Å². The number of para-hydroxylation sites is 2. The molecule has 110 valence electrons. The molecule has 3 aromatic carbocycles. The average molecular weight is 362 g/mol.